The molecule has 1 aliphatic rings. The van der Waals surface area contributed by atoms with E-state index in [1.54, 1.807) is 0 Å². The summed E-state index contributed by atoms with van der Waals surface area (Å²) in [5.74, 6) is 0. The third kappa shape index (κ3) is 7.08. The SMILES string of the molecule is CC(C)(C)c1cc(C2=c3ccc([nH]3)=Cc3ccc([nH]3)C(c3cc(C(C)(C)C)cc(C(C)(C)C)c3)=c3ccc([nH]3)=Cc3ccc2[nH]3)cc(C(C)(C)C)c1. The minimum Gasteiger partial charge on any atom is -0.355 e. The molecule has 4 aromatic heterocycles. The van der Waals surface area contributed by atoms with Gasteiger partial charge < -0.3 is 19.9 Å². The molecule has 0 spiro atoms. The summed E-state index contributed by atoms with van der Waals surface area (Å²) < 4.78 is 0. The first kappa shape index (κ1) is 35.4. The monoisotopic (exact) mass is 688 g/mol. The minimum atomic E-state index is 0.00707. The summed E-state index contributed by atoms with van der Waals surface area (Å²) in [6.45, 7) is 27.6. The van der Waals surface area contributed by atoms with Crippen molar-refractivity contribution in [3.8, 4) is 0 Å². The van der Waals surface area contributed by atoms with E-state index in [0.717, 1.165) is 55.3 Å². The molecular weight excluding hydrogens is 633 g/mol. The first-order chi connectivity index (χ1) is 24.2. The molecule has 4 nitrogen and oxygen atoms in total. The van der Waals surface area contributed by atoms with Gasteiger partial charge in [0.25, 0.3) is 0 Å². The van der Waals surface area contributed by atoms with E-state index in [1.165, 1.54) is 33.4 Å². The van der Waals surface area contributed by atoms with Crippen molar-refractivity contribution in [3.05, 3.63) is 162 Å². The van der Waals surface area contributed by atoms with Gasteiger partial charge in [0.15, 0.2) is 0 Å². The molecule has 0 fully saturated rings. The van der Waals surface area contributed by atoms with Gasteiger partial charge >= 0.3 is 0 Å². The Morgan fingerprint density at radius 1 is 0.346 bits per heavy atom. The highest BCUT2D eigenvalue weighted by molar-refractivity contribution is 5.80. The summed E-state index contributed by atoms with van der Waals surface area (Å²) in [4.78, 5) is 15.2. The van der Waals surface area contributed by atoms with Gasteiger partial charge in [0.1, 0.15) is 0 Å². The van der Waals surface area contributed by atoms with Crippen LogP contribution in [-0.4, -0.2) is 19.9 Å². The van der Waals surface area contributed by atoms with Crippen LogP contribution in [0.3, 0.4) is 0 Å². The average Bonchev–Trinajstić information content (AvgIpc) is 3.86. The third-order valence-electron chi connectivity index (χ3n) is 10.4. The van der Waals surface area contributed by atoms with Gasteiger partial charge in [-0.15, -0.1) is 0 Å². The number of hydrogen-bond donors (Lipinski definition) is 4. The maximum atomic E-state index is 3.79. The van der Waals surface area contributed by atoms with E-state index in [4.69, 9.17) is 0 Å². The Morgan fingerprint density at radius 2 is 0.673 bits per heavy atom. The van der Waals surface area contributed by atoms with E-state index in [-0.39, 0.29) is 21.7 Å². The van der Waals surface area contributed by atoms with Crippen LogP contribution in [0.5, 0.6) is 0 Å². The highest BCUT2D eigenvalue weighted by Gasteiger charge is 2.24. The van der Waals surface area contributed by atoms with Gasteiger partial charge in [0.05, 0.1) is 0 Å². The minimum absolute atomic E-state index is 0.00707. The lowest BCUT2D eigenvalue weighted by Gasteiger charge is -2.26. The Bertz CT molecular complexity index is 2300. The van der Waals surface area contributed by atoms with Gasteiger partial charge in [0, 0.05) is 55.3 Å². The van der Waals surface area contributed by atoms with Crippen molar-refractivity contribution < 1.29 is 0 Å². The van der Waals surface area contributed by atoms with Crippen LogP contribution >= 0.6 is 0 Å². The molecule has 7 rings (SSSR count). The molecule has 4 N–H and O–H groups in total. The van der Waals surface area contributed by atoms with Crippen LogP contribution in [0.1, 0.15) is 139 Å². The Hall–Kier alpha value is -4.96. The predicted molar refractivity (Wildman–Crippen MR) is 220 cm³/mol. The quantitative estimate of drug-likeness (QED) is 0.141. The first-order valence-corrected chi connectivity index (χ1v) is 18.8. The number of hydrogen-bond acceptors (Lipinski definition) is 0. The van der Waals surface area contributed by atoms with E-state index in [9.17, 15) is 0 Å². The van der Waals surface area contributed by atoms with E-state index in [0.29, 0.717) is 0 Å². The Balaban J connectivity index is 1.50. The number of fused-ring (bicyclic) bond motifs is 8. The molecule has 0 aliphatic carbocycles. The van der Waals surface area contributed by atoms with Gasteiger partial charge in [0.2, 0.25) is 0 Å². The highest BCUT2D eigenvalue weighted by atomic mass is 14.8. The molecule has 0 radical (unpaired) electrons. The average molecular weight is 689 g/mol. The lowest BCUT2D eigenvalue weighted by molar-refractivity contribution is 0.567. The van der Waals surface area contributed by atoms with E-state index < -0.39 is 0 Å². The fourth-order valence-electron chi connectivity index (χ4n) is 7.09. The predicted octanol–water partition coefficient (Wildman–Crippen LogP) is 8.65. The van der Waals surface area contributed by atoms with Gasteiger partial charge in [-0.05, 0) is 116 Å². The fourth-order valence-corrected chi connectivity index (χ4v) is 7.09. The maximum Gasteiger partial charge on any atom is 0.0485 e. The van der Waals surface area contributed by atoms with Gasteiger partial charge in [-0.2, -0.15) is 0 Å². The summed E-state index contributed by atoms with van der Waals surface area (Å²) in [5, 5.41) is 4.24. The Morgan fingerprint density at radius 3 is 0.981 bits per heavy atom. The third-order valence-corrected chi connectivity index (χ3v) is 10.4. The molecule has 0 amide bonds. The summed E-state index contributed by atoms with van der Waals surface area (Å²) in [6.07, 6.45) is 4.42. The normalized spacial score (nSPS) is 14.0. The standard InChI is InChI=1S/C48H56N4/c1-45(2,3)31-21-29(22-32(25-31)46(4,5)6)43-39-17-13-35(49-39)27-37-15-19-41(51-37)44(42-20-16-38(52-42)28-36-14-18-40(43)50-36)30-23-33(47(7,8)9)26-34(24-30)48(10,11)12/h13-28,49-52H,1-12H3. The Kier molecular flexibility index (Phi) is 8.40. The van der Waals surface area contributed by atoms with Crippen molar-refractivity contribution in [2.75, 3.05) is 0 Å². The van der Waals surface area contributed by atoms with Crippen molar-refractivity contribution in [2.24, 2.45) is 0 Å². The lowest BCUT2D eigenvalue weighted by Crippen LogP contribution is -2.19. The van der Waals surface area contributed by atoms with Crippen LogP contribution in [0.25, 0.3) is 23.3 Å². The zero-order valence-corrected chi connectivity index (χ0v) is 33.2. The van der Waals surface area contributed by atoms with Crippen molar-refractivity contribution in [3.63, 3.8) is 0 Å². The zero-order chi connectivity index (χ0) is 37.4. The summed E-state index contributed by atoms with van der Waals surface area (Å²) in [7, 11) is 0. The molecule has 52 heavy (non-hydrogen) atoms. The second-order valence-corrected chi connectivity index (χ2v) is 18.9. The van der Waals surface area contributed by atoms with Gasteiger partial charge in [-0.1, -0.05) is 119 Å². The van der Waals surface area contributed by atoms with E-state index in [2.05, 4.69) is 200 Å². The van der Waals surface area contributed by atoms with Gasteiger partial charge in [-0.3, -0.25) is 0 Å². The number of rotatable bonds is 2. The number of aromatic nitrogens is 4. The number of nitrogens with one attached hydrogen (secondary N) is 4. The summed E-state index contributed by atoms with van der Waals surface area (Å²) in [6, 6.07) is 31.9. The molecule has 0 saturated heterocycles. The maximum absolute atomic E-state index is 3.79. The van der Waals surface area contributed by atoms with Crippen LogP contribution in [0.4, 0.5) is 0 Å². The molecule has 2 aromatic carbocycles. The zero-order valence-electron chi connectivity index (χ0n) is 33.2. The molecule has 0 atom stereocenters. The number of aromatic amines is 4. The molecule has 4 heteroatoms. The molecule has 5 heterocycles. The molecule has 268 valence electrons. The molecule has 0 unspecified atom stereocenters. The van der Waals surface area contributed by atoms with E-state index in [1.807, 2.05) is 0 Å². The van der Waals surface area contributed by atoms with Crippen molar-refractivity contribution in [1.29, 1.82) is 0 Å². The number of benzene rings is 2. The first-order valence-electron chi connectivity index (χ1n) is 18.8. The van der Waals surface area contributed by atoms with Crippen LogP contribution < -0.4 is 21.4 Å². The molecule has 0 saturated carbocycles. The topological polar surface area (TPSA) is 63.2 Å². The highest BCUT2D eigenvalue weighted by Crippen LogP contribution is 2.35. The lowest BCUT2D eigenvalue weighted by atomic mass is 9.78. The molecule has 6 aromatic rings. The Labute approximate surface area is 309 Å². The summed E-state index contributed by atoms with van der Waals surface area (Å²) >= 11 is 0. The van der Waals surface area contributed by atoms with Gasteiger partial charge in [-0.25, -0.2) is 0 Å². The van der Waals surface area contributed by atoms with Crippen LogP contribution in [-0.2, 0) is 21.7 Å². The second-order valence-electron chi connectivity index (χ2n) is 18.9. The largest absolute Gasteiger partial charge is 0.355 e. The van der Waals surface area contributed by atoms with Crippen LogP contribution in [0, 0.1) is 0 Å². The fraction of sp³-hybridized carbons (Fsp3) is 0.333. The van der Waals surface area contributed by atoms with Crippen molar-refractivity contribution in [2.45, 2.75) is 105 Å². The van der Waals surface area contributed by atoms with Crippen LogP contribution in [0.15, 0.2) is 84.9 Å². The second kappa shape index (κ2) is 12.3. The summed E-state index contributed by atoms with van der Waals surface area (Å²) in [5.41, 5.74) is 14.3. The van der Waals surface area contributed by atoms with Crippen molar-refractivity contribution in [1.82, 2.24) is 19.9 Å². The van der Waals surface area contributed by atoms with Crippen LogP contribution in [0.2, 0.25) is 0 Å². The molecule has 1 aliphatic heterocycles. The van der Waals surface area contributed by atoms with E-state index >= 15 is 0 Å². The van der Waals surface area contributed by atoms with Crippen molar-refractivity contribution >= 4 is 23.3 Å². The molecule has 8 bridgehead atoms. The molecular formula is C48H56N4. The number of H-pyrrole nitrogens is 4. The smallest absolute Gasteiger partial charge is 0.0485 e.